The minimum atomic E-state index is -1.77. The molecular formula is C14H24N2O4SiSn. The van der Waals surface area contributed by atoms with Crippen molar-refractivity contribution in [2.75, 3.05) is 13.2 Å². The van der Waals surface area contributed by atoms with Crippen LogP contribution in [0.25, 0.3) is 0 Å². The number of hydrogen-bond donors (Lipinski definition) is 0. The monoisotopic (exact) mass is 432 g/mol. The Hall–Kier alpha value is -0.674. The van der Waals surface area contributed by atoms with E-state index in [9.17, 15) is 10.1 Å². The second kappa shape index (κ2) is 8.25. The topological polar surface area (TPSA) is 74.5 Å². The molecule has 1 heterocycles. The van der Waals surface area contributed by atoms with Gasteiger partial charge in [0.15, 0.2) is 8.32 Å². The van der Waals surface area contributed by atoms with Gasteiger partial charge in [-0.05, 0) is 25.1 Å². The fraction of sp³-hybridized carbons (Fsp3) is 0.643. The van der Waals surface area contributed by atoms with Crippen molar-refractivity contribution < 1.29 is 14.1 Å². The molecule has 22 heavy (non-hydrogen) atoms. The summed E-state index contributed by atoms with van der Waals surface area (Å²) >= 11 is 0. The van der Waals surface area contributed by atoms with Crippen LogP contribution in [0, 0.1) is 17.0 Å². The standard InChI is InChI=1S/C14H24N2O4Si.Sn/c1-11-12(16(17)18)7-8-13(15-11)19-9-10-20-21(5,6)14(2,3)4;/h7-8H,9-10H2,1-6H3;. The van der Waals surface area contributed by atoms with Crippen molar-refractivity contribution in [2.45, 2.75) is 45.8 Å². The molecule has 4 radical (unpaired) electrons. The molecule has 1 rings (SSSR count). The summed E-state index contributed by atoms with van der Waals surface area (Å²) in [7, 11) is -1.77. The van der Waals surface area contributed by atoms with Crippen LogP contribution in [0.1, 0.15) is 26.5 Å². The maximum Gasteiger partial charge on any atom is 0.290 e. The van der Waals surface area contributed by atoms with Gasteiger partial charge in [-0.15, -0.1) is 0 Å². The Morgan fingerprint density at radius 1 is 1.27 bits per heavy atom. The van der Waals surface area contributed by atoms with Crippen LogP contribution in [0.5, 0.6) is 5.88 Å². The largest absolute Gasteiger partial charge is 0.475 e. The van der Waals surface area contributed by atoms with Gasteiger partial charge in [-0.3, -0.25) is 10.1 Å². The van der Waals surface area contributed by atoms with Crippen LogP contribution in [-0.2, 0) is 4.43 Å². The van der Waals surface area contributed by atoms with Crippen molar-refractivity contribution in [3.05, 3.63) is 27.9 Å². The number of rotatable bonds is 6. The van der Waals surface area contributed by atoms with Crippen LogP contribution >= 0.6 is 0 Å². The summed E-state index contributed by atoms with van der Waals surface area (Å²) in [6, 6.07) is 2.92. The van der Waals surface area contributed by atoms with Gasteiger partial charge in [-0.25, -0.2) is 4.98 Å². The van der Waals surface area contributed by atoms with Crippen molar-refractivity contribution in [3.63, 3.8) is 0 Å². The zero-order valence-electron chi connectivity index (χ0n) is 14.1. The molecule has 0 aliphatic carbocycles. The first-order valence-electron chi connectivity index (χ1n) is 6.93. The van der Waals surface area contributed by atoms with Crippen LogP contribution < -0.4 is 4.74 Å². The van der Waals surface area contributed by atoms with Gasteiger partial charge in [-0.2, -0.15) is 0 Å². The molecule has 0 unspecified atom stereocenters. The molecule has 1 aromatic heterocycles. The van der Waals surface area contributed by atoms with Crippen molar-refractivity contribution in [1.82, 2.24) is 4.98 Å². The van der Waals surface area contributed by atoms with E-state index in [1.165, 1.54) is 12.1 Å². The first-order valence-corrected chi connectivity index (χ1v) is 9.84. The number of nitro groups is 1. The van der Waals surface area contributed by atoms with Crippen molar-refractivity contribution >= 4 is 37.9 Å². The van der Waals surface area contributed by atoms with Crippen LogP contribution in [0.15, 0.2) is 12.1 Å². The SMILES string of the molecule is Cc1nc(OCCO[Si](C)(C)C(C)(C)C)ccc1[N+](=O)[O-].[Sn]. The minimum absolute atomic E-state index is 0. The summed E-state index contributed by atoms with van der Waals surface area (Å²) in [5, 5.41) is 10.9. The number of aryl methyl sites for hydroxylation is 1. The van der Waals surface area contributed by atoms with E-state index in [4.69, 9.17) is 9.16 Å². The summed E-state index contributed by atoms with van der Waals surface area (Å²) in [6.45, 7) is 13.4. The van der Waals surface area contributed by atoms with Crippen molar-refractivity contribution in [3.8, 4) is 5.88 Å². The number of nitrogens with zero attached hydrogens (tertiary/aromatic N) is 2. The third kappa shape index (κ3) is 5.84. The Morgan fingerprint density at radius 2 is 1.86 bits per heavy atom. The summed E-state index contributed by atoms with van der Waals surface area (Å²) in [5.41, 5.74) is 0.350. The first kappa shape index (κ1) is 21.3. The molecule has 0 bridgehead atoms. The van der Waals surface area contributed by atoms with Gasteiger partial charge in [0, 0.05) is 36.0 Å². The van der Waals surface area contributed by atoms with E-state index in [1.54, 1.807) is 6.92 Å². The molecule has 0 fully saturated rings. The molecule has 0 aromatic carbocycles. The second-order valence-electron chi connectivity index (χ2n) is 6.47. The zero-order chi connectivity index (χ0) is 16.3. The third-order valence-electron chi connectivity index (χ3n) is 3.83. The second-order valence-corrected chi connectivity index (χ2v) is 11.3. The number of ether oxygens (including phenoxy) is 1. The molecule has 0 saturated heterocycles. The molecule has 0 N–H and O–H groups in total. The summed E-state index contributed by atoms with van der Waals surface area (Å²) in [5.74, 6) is 0.386. The molecule has 0 aliphatic rings. The predicted molar refractivity (Wildman–Crippen MR) is 90.0 cm³/mol. The molecule has 122 valence electrons. The van der Waals surface area contributed by atoms with Gasteiger partial charge in [0.25, 0.3) is 5.69 Å². The van der Waals surface area contributed by atoms with Crippen LogP contribution in [0.2, 0.25) is 18.1 Å². The summed E-state index contributed by atoms with van der Waals surface area (Å²) in [6.07, 6.45) is 0. The quantitative estimate of drug-likeness (QED) is 0.299. The van der Waals surface area contributed by atoms with Gasteiger partial charge in [-0.1, -0.05) is 20.8 Å². The molecule has 0 spiro atoms. The predicted octanol–water partition coefficient (Wildman–Crippen LogP) is 3.32. The Balaban J connectivity index is 0.00000441. The van der Waals surface area contributed by atoms with E-state index in [0.717, 1.165) is 0 Å². The van der Waals surface area contributed by atoms with E-state index in [0.29, 0.717) is 24.8 Å². The normalized spacial score (nSPS) is 11.7. The van der Waals surface area contributed by atoms with E-state index in [2.05, 4.69) is 38.8 Å². The molecule has 6 nitrogen and oxygen atoms in total. The molecule has 0 amide bonds. The maximum absolute atomic E-state index is 10.7. The van der Waals surface area contributed by atoms with E-state index in [-0.39, 0.29) is 34.6 Å². The smallest absolute Gasteiger partial charge is 0.290 e. The third-order valence-corrected chi connectivity index (χ3v) is 8.37. The van der Waals surface area contributed by atoms with Gasteiger partial charge in [0.1, 0.15) is 12.3 Å². The minimum Gasteiger partial charge on any atom is -0.475 e. The van der Waals surface area contributed by atoms with Gasteiger partial charge >= 0.3 is 0 Å². The Morgan fingerprint density at radius 3 is 2.32 bits per heavy atom. The molecule has 0 atom stereocenters. The fourth-order valence-corrected chi connectivity index (χ4v) is 2.49. The Labute approximate surface area is 149 Å². The zero-order valence-corrected chi connectivity index (χ0v) is 18.0. The first-order chi connectivity index (χ1) is 9.54. The van der Waals surface area contributed by atoms with Gasteiger partial charge < -0.3 is 9.16 Å². The van der Waals surface area contributed by atoms with Crippen LogP contribution in [0.4, 0.5) is 5.69 Å². The van der Waals surface area contributed by atoms with Gasteiger partial charge in [0.2, 0.25) is 5.88 Å². The number of pyridine rings is 1. The van der Waals surface area contributed by atoms with Crippen LogP contribution in [-0.4, -0.2) is 55.3 Å². The fourth-order valence-electron chi connectivity index (χ4n) is 1.46. The Bertz CT molecular complexity index is 518. The van der Waals surface area contributed by atoms with E-state index in [1.807, 2.05) is 0 Å². The maximum atomic E-state index is 10.7. The van der Waals surface area contributed by atoms with Gasteiger partial charge in [0.05, 0.1) is 11.5 Å². The number of hydrogen-bond acceptors (Lipinski definition) is 5. The molecule has 8 heteroatoms. The summed E-state index contributed by atoms with van der Waals surface area (Å²) < 4.78 is 11.5. The molecular weight excluding hydrogens is 407 g/mol. The van der Waals surface area contributed by atoms with Crippen molar-refractivity contribution in [1.29, 1.82) is 0 Å². The number of aromatic nitrogens is 1. The summed E-state index contributed by atoms with van der Waals surface area (Å²) in [4.78, 5) is 14.3. The average molecular weight is 431 g/mol. The molecule has 0 saturated carbocycles. The molecule has 0 aliphatic heterocycles. The Kier molecular flexibility index (Phi) is 8.00. The van der Waals surface area contributed by atoms with E-state index >= 15 is 0 Å². The van der Waals surface area contributed by atoms with Crippen molar-refractivity contribution in [2.24, 2.45) is 0 Å². The molecule has 1 aromatic rings. The van der Waals surface area contributed by atoms with E-state index < -0.39 is 13.2 Å². The average Bonchev–Trinajstić information content (AvgIpc) is 2.33. The van der Waals surface area contributed by atoms with Crippen LogP contribution in [0.3, 0.4) is 0 Å².